The van der Waals surface area contributed by atoms with Crippen LogP contribution in [0.3, 0.4) is 0 Å². The number of hydrogen-bond acceptors (Lipinski definition) is 2. The van der Waals surface area contributed by atoms with Crippen LogP contribution >= 0.6 is 0 Å². The van der Waals surface area contributed by atoms with E-state index in [0.29, 0.717) is 0 Å². The number of alkyl halides is 3. The zero-order chi connectivity index (χ0) is 12.2. The van der Waals surface area contributed by atoms with Gasteiger partial charge in [-0.25, -0.2) is 0 Å². The van der Waals surface area contributed by atoms with E-state index in [4.69, 9.17) is 10.7 Å². The van der Waals surface area contributed by atoms with Crippen molar-refractivity contribution in [1.29, 1.82) is 0 Å². The molecule has 0 amide bonds. The number of hydrogen-bond donors (Lipinski definition) is 1. The average molecular weight is 230 g/mol. The Balaban J connectivity index is 3.08. The second kappa shape index (κ2) is 4.54. The van der Waals surface area contributed by atoms with Crippen LogP contribution < -0.4 is 0 Å². The van der Waals surface area contributed by atoms with Crippen LogP contribution in [0, 0.1) is 0 Å². The van der Waals surface area contributed by atoms with Gasteiger partial charge in [0.05, 0.1) is 5.56 Å². The van der Waals surface area contributed by atoms with Crippen LogP contribution in [-0.4, -0.2) is 11.0 Å². The van der Waals surface area contributed by atoms with E-state index in [2.05, 4.69) is 15.2 Å². The van der Waals surface area contributed by atoms with Gasteiger partial charge in [0.15, 0.2) is 5.84 Å². The minimum absolute atomic E-state index is 0.0910. The first-order valence-corrected chi connectivity index (χ1v) is 3.94. The number of rotatable bonds is 1. The third-order valence-corrected chi connectivity index (χ3v) is 1.70. The number of benzene rings is 1. The van der Waals surface area contributed by atoms with Crippen LogP contribution in [-0.2, 0) is 6.18 Å². The number of azide groups is 1. The molecule has 0 bridgehead atoms. The summed E-state index contributed by atoms with van der Waals surface area (Å²) in [6.07, 6.45) is -4.44. The highest BCUT2D eigenvalue weighted by atomic mass is 19.4. The van der Waals surface area contributed by atoms with Gasteiger partial charge in [0.2, 0.25) is 0 Å². The Kier molecular flexibility index (Phi) is 3.37. The first-order chi connectivity index (χ1) is 7.49. The van der Waals surface area contributed by atoms with Gasteiger partial charge in [0, 0.05) is 10.5 Å². The van der Waals surface area contributed by atoms with E-state index in [1.54, 1.807) is 0 Å². The molecule has 0 spiro atoms. The number of amidine groups is 1. The molecule has 16 heavy (non-hydrogen) atoms. The Morgan fingerprint density at radius 3 is 2.19 bits per heavy atom. The topological polar surface area (TPSA) is 81.4 Å². The van der Waals surface area contributed by atoms with Crippen LogP contribution in [0.1, 0.15) is 11.1 Å². The minimum atomic E-state index is -4.44. The van der Waals surface area contributed by atoms with E-state index < -0.39 is 17.6 Å². The maximum absolute atomic E-state index is 12.2. The fraction of sp³-hybridized carbons (Fsp3) is 0.125. The van der Waals surface area contributed by atoms with Gasteiger partial charge in [-0.2, -0.15) is 13.2 Å². The molecule has 0 fully saturated rings. The van der Waals surface area contributed by atoms with Crippen molar-refractivity contribution < 1.29 is 18.4 Å². The maximum atomic E-state index is 12.2. The van der Waals surface area contributed by atoms with Crippen molar-refractivity contribution in [3.8, 4) is 0 Å². The number of oxime groups is 1. The molecule has 0 atom stereocenters. The molecule has 84 valence electrons. The van der Waals surface area contributed by atoms with Crippen LogP contribution in [0.15, 0.2) is 34.5 Å². The summed E-state index contributed by atoms with van der Waals surface area (Å²) in [4.78, 5) is 2.37. The maximum Gasteiger partial charge on any atom is 0.416 e. The molecule has 1 aromatic rings. The molecule has 0 saturated carbocycles. The summed E-state index contributed by atoms with van der Waals surface area (Å²) in [5.74, 6) is -0.392. The van der Waals surface area contributed by atoms with Crippen molar-refractivity contribution in [1.82, 2.24) is 0 Å². The molecule has 1 rings (SSSR count). The first-order valence-electron chi connectivity index (χ1n) is 3.94. The summed E-state index contributed by atoms with van der Waals surface area (Å²) in [7, 11) is 0. The quantitative estimate of drug-likeness (QED) is 0.150. The molecule has 0 radical (unpaired) electrons. The Hall–Kier alpha value is -2.21. The zero-order valence-electron chi connectivity index (χ0n) is 7.68. The molecule has 1 N–H and O–H groups in total. The molecular formula is C8H5F3N4O. The Morgan fingerprint density at radius 1 is 1.25 bits per heavy atom. The van der Waals surface area contributed by atoms with Gasteiger partial charge in [-0.05, 0) is 22.8 Å². The normalized spacial score (nSPS) is 12.1. The summed E-state index contributed by atoms with van der Waals surface area (Å²) < 4.78 is 36.6. The molecule has 8 heteroatoms. The van der Waals surface area contributed by atoms with Crippen LogP contribution in [0.5, 0.6) is 0 Å². The predicted octanol–water partition coefficient (Wildman–Crippen LogP) is 3.15. The lowest BCUT2D eigenvalue weighted by Crippen LogP contribution is -2.05. The molecular weight excluding hydrogens is 225 g/mol. The van der Waals surface area contributed by atoms with E-state index >= 15 is 0 Å². The second-order valence-corrected chi connectivity index (χ2v) is 2.69. The number of halogens is 3. The largest absolute Gasteiger partial charge is 0.416 e. The molecule has 0 aromatic heterocycles. The molecule has 0 aliphatic heterocycles. The first kappa shape index (κ1) is 11.9. The molecule has 5 nitrogen and oxygen atoms in total. The summed E-state index contributed by atoms with van der Waals surface area (Å²) in [5, 5.41) is 14.1. The highest BCUT2D eigenvalue weighted by molar-refractivity contribution is 5.98. The zero-order valence-corrected chi connectivity index (χ0v) is 7.68. The van der Waals surface area contributed by atoms with Crippen molar-refractivity contribution in [2.45, 2.75) is 6.18 Å². The third kappa shape index (κ3) is 2.64. The minimum Gasteiger partial charge on any atom is -0.410 e. The van der Waals surface area contributed by atoms with Crippen LogP contribution in [0.2, 0.25) is 0 Å². The Morgan fingerprint density at radius 2 is 1.81 bits per heavy atom. The molecule has 0 heterocycles. The summed E-state index contributed by atoms with van der Waals surface area (Å²) >= 11 is 0. The fourth-order valence-electron chi connectivity index (χ4n) is 0.986. The lowest BCUT2D eigenvalue weighted by molar-refractivity contribution is -0.137. The van der Waals surface area contributed by atoms with Crippen molar-refractivity contribution in [2.24, 2.45) is 10.3 Å². The van der Waals surface area contributed by atoms with E-state index in [1.807, 2.05) is 0 Å². The van der Waals surface area contributed by atoms with Gasteiger partial charge in [0.25, 0.3) is 0 Å². The standard InChI is InChI=1S/C8H5F3N4O/c9-8(10,11)6-3-1-5(2-4-6)7(14-16)13-15-12/h1-4,16H/b14-7-. The van der Waals surface area contributed by atoms with E-state index in [-0.39, 0.29) is 5.56 Å². The van der Waals surface area contributed by atoms with Gasteiger partial charge in [0.1, 0.15) is 0 Å². The lowest BCUT2D eigenvalue weighted by Gasteiger charge is -2.06. The number of nitrogens with zero attached hydrogens (tertiary/aromatic N) is 4. The summed E-state index contributed by atoms with van der Waals surface area (Å²) in [6, 6.07) is 3.69. The van der Waals surface area contributed by atoms with Gasteiger partial charge in [-0.15, -0.1) is 0 Å². The van der Waals surface area contributed by atoms with Crippen molar-refractivity contribution >= 4 is 5.84 Å². The van der Waals surface area contributed by atoms with Crippen LogP contribution in [0.25, 0.3) is 10.4 Å². The summed E-state index contributed by atoms with van der Waals surface area (Å²) in [5.41, 5.74) is 7.35. The predicted molar refractivity (Wildman–Crippen MR) is 48.9 cm³/mol. The van der Waals surface area contributed by atoms with Crippen molar-refractivity contribution in [2.75, 3.05) is 0 Å². The molecule has 0 aliphatic rings. The lowest BCUT2D eigenvalue weighted by atomic mass is 10.1. The van der Waals surface area contributed by atoms with E-state index in [1.165, 1.54) is 0 Å². The molecule has 1 aromatic carbocycles. The highest BCUT2D eigenvalue weighted by Gasteiger charge is 2.30. The SMILES string of the molecule is [N-]=[N+]=N/C(=N\O)c1ccc(C(F)(F)F)cc1. The second-order valence-electron chi connectivity index (χ2n) is 2.69. The fourth-order valence-corrected chi connectivity index (χ4v) is 0.986. The van der Waals surface area contributed by atoms with E-state index in [9.17, 15) is 13.2 Å². The van der Waals surface area contributed by atoms with Crippen molar-refractivity contribution in [3.63, 3.8) is 0 Å². The Bertz CT molecular complexity index is 445. The third-order valence-electron chi connectivity index (χ3n) is 1.70. The van der Waals surface area contributed by atoms with Gasteiger partial charge >= 0.3 is 6.18 Å². The Labute approximate surface area is 87.4 Å². The van der Waals surface area contributed by atoms with Gasteiger partial charge in [-0.1, -0.05) is 17.3 Å². The molecule has 0 aliphatic carbocycles. The molecule has 0 unspecified atom stereocenters. The van der Waals surface area contributed by atoms with E-state index in [0.717, 1.165) is 24.3 Å². The van der Waals surface area contributed by atoms with Crippen molar-refractivity contribution in [3.05, 3.63) is 45.8 Å². The monoisotopic (exact) mass is 230 g/mol. The smallest absolute Gasteiger partial charge is 0.410 e. The van der Waals surface area contributed by atoms with Gasteiger partial charge in [-0.3, -0.25) is 0 Å². The highest BCUT2D eigenvalue weighted by Crippen LogP contribution is 2.29. The van der Waals surface area contributed by atoms with Crippen LogP contribution in [0.4, 0.5) is 13.2 Å². The molecule has 0 saturated heterocycles. The van der Waals surface area contributed by atoms with Gasteiger partial charge < -0.3 is 5.21 Å². The average Bonchev–Trinajstić information content (AvgIpc) is 2.25. The summed E-state index contributed by atoms with van der Waals surface area (Å²) in [6.45, 7) is 0.